The molecule has 0 saturated heterocycles. The Bertz CT molecular complexity index is 1000. The van der Waals surface area contributed by atoms with Crippen molar-refractivity contribution in [3.63, 3.8) is 0 Å². The summed E-state index contributed by atoms with van der Waals surface area (Å²) >= 11 is 6.12. The van der Waals surface area contributed by atoms with Crippen LogP contribution in [0, 0.1) is 6.92 Å². The highest BCUT2D eigenvalue weighted by Gasteiger charge is 2.13. The molecule has 0 atom stereocenters. The number of carbonyl (C=O) groups is 1. The molecule has 6 heteroatoms. The van der Waals surface area contributed by atoms with Crippen LogP contribution in [0.5, 0.6) is 23.0 Å². The Balaban J connectivity index is 1.86. The summed E-state index contributed by atoms with van der Waals surface area (Å²) in [5, 5.41) is 3.35. The van der Waals surface area contributed by atoms with Crippen molar-refractivity contribution in [2.45, 2.75) is 6.92 Å². The molecule has 0 bridgehead atoms. The van der Waals surface area contributed by atoms with E-state index in [1.54, 1.807) is 62.8 Å². The minimum Gasteiger partial charge on any atom is -0.497 e. The van der Waals surface area contributed by atoms with Crippen LogP contribution >= 0.6 is 11.6 Å². The average molecular weight is 398 g/mol. The Kier molecular flexibility index (Phi) is 6.06. The monoisotopic (exact) mass is 397 g/mol. The van der Waals surface area contributed by atoms with E-state index < -0.39 is 0 Å². The van der Waals surface area contributed by atoms with Crippen molar-refractivity contribution in [1.29, 1.82) is 0 Å². The third kappa shape index (κ3) is 4.56. The molecular weight excluding hydrogens is 378 g/mol. The van der Waals surface area contributed by atoms with Crippen LogP contribution in [0.1, 0.15) is 15.9 Å². The van der Waals surface area contributed by atoms with Gasteiger partial charge in [0, 0.05) is 16.7 Å². The molecule has 5 nitrogen and oxygen atoms in total. The molecule has 0 aliphatic carbocycles. The summed E-state index contributed by atoms with van der Waals surface area (Å²) in [6.07, 6.45) is 0. The summed E-state index contributed by atoms with van der Waals surface area (Å²) in [6, 6.07) is 17.5. The van der Waals surface area contributed by atoms with Gasteiger partial charge < -0.3 is 19.5 Å². The lowest BCUT2D eigenvalue weighted by Crippen LogP contribution is -2.13. The van der Waals surface area contributed by atoms with Crippen molar-refractivity contribution >= 4 is 23.2 Å². The topological polar surface area (TPSA) is 56.8 Å². The van der Waals surface area contributed by atoms with Crippen LogP contribution in [-0.4, -0.2) is 20.1 Å². The SMILES string of the molecule is COc1cccc(Oc2ccc(Cl)cc2NC(=O)c2ccc(OC)c(C)c2)c1. The third-order valence-electron chi connectivity index (χ3n) is 4.12. The Hall–Kier alpha value is -3.18. The zero-order chi connectivity index (χ0) is 20.1. The molecule has 0 aliphatic heterocycles. The molecule has 1 N–H and O–H groups in total. The molecule has 0 radical (unpaired) electrons. The first-order valence-corrected chi connectivity index (χ1v) is 8.95. The summed E-state index contributed by atoms with van der Waals surface area (Å²) in [5.41, 5.74) is 1.84. The Morgan fingerprint density at radius 2 is 1.64 bits per heavy atom. The van der Waals surface area contributed by atoms with Crippen LogP contribution in [0.25, 0.3) is 0 Å². The number of halogens is 1. The maximum absolute atomic E-state index is 12.7. The molecule has 3 aromatic carbocycles. The number of amides is 1. The van der Waals surface area contributed by atoms with Gasteiger partial charge in [-0.2, -0.15) is 0 Å². The van der Waals surface area contributed by atoms with Crippen LogP contribution in [-0.2, 0) is 0 Å². The van der Waals surface area contributed by atoms with Crippen molar-refractivity contribution in [2.24, 2.45) is 0 Å². The third-order valence-corrected chi connectivity index (χ3v) is 4.35. The first-order valence-electron chi connectivity index (χ1n) is 8.57. The summed E-state index contributed by atoms with van der Waals surface area (Å²) < 4.78 is 16.4. The van der Waals surface area contributed by atoms with Crippen LogP contribution in [0.15, 0.2) is 60.7 Å². The van der Waals surface area contributed by atoms with Crippen LogP contribution in [0.3, 0.4) is 0 Å². The molecule has 0 aromatic heterocycles. The van der Waals surface area contributed by atoms with E-state index in [1.807, 2.05) is 19.1 Å². The van der Waals surface area contributed by atoms with Gasteiger partial charge in [0.1, 0.15) is 17.2 Å². The standard InChI is InChI=1S/C22H20ClNO4/c1-14-11-15(7-9-20(14)27-3)22(25)24-19-12-16(23)8-10-21(19)28-18-6-4-5-17(13-18)26-2/h4-13H,1-3H3,(H,24,25). The van der Waals surface area contributed by atoms with Gasteiger partial charge in [-0.15, -0.1) is 0 Å². The van der Waals surface area contributed by atoms with E-state index >= 15 is 0 Å². The van der Waals surface area contributed by atoms with Gasteiger partial charge >= 0.3 is 0 Å². The van der Waals surface area contributed by atoms with Gasteiger partial charge in [-0.3, -0.25) is 4.79 Å². The maximum atomic E-state index is 12.7. The molecule has 144 valence electrons. The van der Waals surface area contributed by atoms with Crippen molar-refractivity contribution in [2.75, 3.05) is 19.5 Å². The number of ether oxygens (including phenoxy) is 3. The lowest BCUT2D eigenvalue weighted by atomic mass is 10.1. The summed E-state index contributed by atoms with van der Waals surface area (Å²) in [5.74, 6) is 2.17. The van der Waals surface area contributed by atoms with E-state index in [2.05, 4.69) is 5.32 Å². The summed E-state index contributed by atoms with van der Waals surface area (Å²) in [4.78, 5) is 12.7. The Morgan fingerprint density at radius 3 is 2.36 bits per heavy atom. The molecule has 3 aromatic rings. The number of nitrogens with one attached hydrogen (secondary N) is 1. The highest BCUT2D eigenvalue weighted by atomic mass is 35.5. The second-order valence-corrected chi connectivity index (χ2v) is 6.50. The molecule has 0 heterocycles. The smallest absolute Gasteiger partial charge is 0.255 e. The van der Waals surface area contributed by atoms with Gasteiger partial charge in [0.25, 0.3) is 5.91 Å². The van der Waals surface area contributed by atoms with Gasteiger partial charge in [-0.05, 0) is 61.0 Å². The molecule has 0 aliphatic rings. The van der Waals surface area contributed by atoms with Crippen molar-refractivity contribution in [1.82, 2.24) is 0 Å². The first kappa shape index (κ1) is 19.6. The maximum Gasteiger partial charge on any atom is 0.255 e. The minimum atomic E-state index is -0.275. The molecule has 0 unspecified atom stereocenters. The summed E-state index contributed by atoms with van der Waals surface area (Å²) in [6.45, 7) is 1.88. The number of methoxy groups -OCH3 is 2. The van der Waals surface area contributed by atoms with Crippen molar-refractivity contribution in [3.05, 3.63) is 76.8 Å². The van der Waals surface area contributed by atoms with Gasteiger partial charge in [0.2, 0.25) is 0 Å². The zero-order valence-electron chi connectivity index (χ0n) is 15.8. The largest absolute Gasteiger partial charge is 0.497 e. The van der Waals surface area contributed by atoms with Gasteiger partial charge in [0.05, 0.1) is 19.9 Å². The zero-order valence-corrected chi connectivity index (χ0v) is 16.5. The fourth-order valence-corrected chi connectivity index (χ4v) is 2.87. The second-order valence-electron chi connectivity index (χ2n) is 6.06. The van der Waals surface area contributed by atoms with Crippen LogP contribution in [0.4, 0.5) is 5.69 Å². The number of carbonyl (C=O) groups excluding carboxylic acids is 1. The van der Waals surface area contributed by atoms with Crippen molar-refractivity contribution in [3.8, 4) is 23.0 Å². The Labute approximate surface area is 168 Å². The fraction of sp³-hybridized carbons (Fsp3) is 0.136. The van der Waals surface area contributed by atoms with Gasteiger partial charge in [0.15, 0.2) is 5.75 Å². The number of benzene rings is 3. The minimum absolute atomic E-state index is 0.275. The van der Waals surface area contributed by atoms with E-state index in [0.29, 0.717) is 33.5 Å². The van der Waals surface area contributed by atoms with Crippen LogP contribution in [0.2, 0.25) is 5.02 Å². The van der Waals surface area contributed by atoms with Gasteiger partial charge in [-0.1, -0.05) is 17.7 Å². The molecule has 28 heavy (non-hydrogen) atoms. The van der Waals surface area contributed by atoms with E-state index in [-0.39, 0.29) is 5.91 Å². The number of aryl methyl sites for hydroxylation is 1. The van der Waals surface area contributed by atoms with E-state index in [1.165, 1.54) is 0 Å². The van der Waals surface area contributed by atoms with Gasteiger partial charge in [-0.25, -0.2) is 0 Å². The van der Waals surface area contributed by atoms with Crippen molar-refractivity contribution < 1.29 is 19.0 Å². The second kappa shape index (κ2) is 8.67. The molecule has 0 spiro atoms. The molecule has 1 amide bonds. The summed E-state index contributed by atoms with van der Waals surface area (Å²) in [7, 11) is 3.18. The number of hydrogen-bond donors (Lipinski definition) is 1. The number of hydrogen-bond acceptors (Lipinski definition) is 4. The van der Waals surface area contributed by atoms with Crippen LogP contribution < -0.4 is 19.5 Å². The average Bonchev–Trinajstić information content (AvgIpc) is 2.70. The van der Waals surface area contributed by atoms with E-state index in [4.69, 9.17) is 25.8 Å². The quantitative estimate of drug-likeness (QED) is 0.578. The lowest BCUT2D eigenvalue weighted by Gasteiger charge is -2.14. The predicted molar refractivity (Wildman–Crippen MR) is 110 cm³/mol. The molecule has 0 saturated carbocycles. The van der Waals surface area contributed by atoms with E-state index in [9.17, 15) is 4.79 Å². The fourth-order valence-electron chi connectivity index (χ4n) is 2.69. The number of anilines is 1. The predicted octanol–water partition coefficient (Wildman–Crippen LogP) is 5.71. The van der Waals surface area contributed by atoms with E-state index in [0.717, 1.165) is 11.3 Å². The Morgan fingerprint density at radius 1 is 0.893 bits per heavy atom. The molecule has 0 fully saturated rings. The number of rotatable bonds is 6. The first-order chi connectivity index (χ1) is 13.5. The molecular formula is C22H20ClNO4. The molecule has 3 rings (SSSR count). The highest BCUT2D eigenvalue weighted by Crippen LogP contribution is 2.33. The normalized spacial score (nSPS) is 10.3. The highest BCUT2D eigenvalue weighted by molar-refractivity contribution is 6.31. The lowest BCUT2D eigenvalue weighted by molar-refractivity contribution is 0.102.